The molecule has 1 aliphatic heterocycles. The normalized spacial score (nSPS) is 15.9. The maximum Gasteiger partial charge on any atom is 0.336 e. The summed E-state index contributed by atoms with van der Waals surface area (Å²) in [5, 5.41) is 4.63. The summed E-state index contributed by atoms with van der Waals surface area (Å²) >= 11 is 0. The van der Waals surface area contributed by atoms with Gasteiger partial charge in [-0.3, -0.25) is 4.90 Å². The number of nitrogens with zero attached hydrogens (tertiary/aromatic N) is 1. The molecule has 1 saturated heterocycles. The fraction of sp³-hybridized carbons (Fsp3) is 0.375. The summed E-state index contributed by atoms with van der Waals surface area (Å²) in [6, 6.07) is 16.9. The highest BCUT2D eigenvalue weighted by Crippen LogP contribution is 2.26. The first-order valence-electron chi connectivity index (χ1n) is 10.2. The van der Waals surface area contributed by atoms with Gasteiger partial charge >= 0.3 is 5.63 Å². The van der Waals surface area contributed by atoms with Gasteiger partial charge in [0, 0.05) is 30.6 Å². The molecule has 4 nitrogen and oxygen atoms in total. The summed E-state index contributed by atoms with van der Waals surface area (Å²) in [4.78, 5) is 14.7. The van der Waals surface area contributed by atoms with Crippen molar-refractivity contribution in [2.75, 3.05) is 19.6 Å². The number of benzene rings is 2. The lowest BCUT2D eigenvalue weighted by Gasteiger charge is -2.28. The molecule has 2 aromatic carbocycles. The number of hydrogen-bond donors (Lipinski definition) is 1. The van der Waals surface area contributed by atoms with Gasteiger partial charge in [-0.05, 0) is 62.0 Å². The molecule has 4 rings (SSSR count). The van der Waals surface area contributed by atoms with E-state index >= 15 is 0 Å². The van der Waals surface area contributed by atoms with Crippen LogP contribution in [0, 0.1) is 13.8 Å². The standard InChI is InChI=1S/C24H28N2O2/c1-17-10-11-21-20(14-23(27)28-24(21)18(17)2)15-25-16-22(26-12-6-7-13-26)19-8-4-3-5-9-19/h3-5,8-11,14,22,25H,6-7,12-13,15-16H2,1-2H3/t22-/m0/s1. The van der Waals surface area contributed by atoms with Crippen LogP contribution in [0.2, 0.25) is 0 Å². The van der Waals surface area contributed by atoms with Crippen LogP contribution >= 0.6 is 0 Å². The molecule has 1 N–H and O–H groups in total. The zero-order valence-corrected chi connectivity index (χ0v) is 16.7. The van der Waals surface area contributed by atoms with E-state index in [0.717, 1.165) is 41.7 Å². The molecule has 1 aliphatic rings. The summed E-state index contributed by atoms with van der Waals surface area (Å²) < 4.78 is 5.50. The third-order valence-corrected chi connectivity index (χ3v) is 5.94. The Balaban J connectivity index is 1.55. The maximum atomic E-state index is 12.1. The van der Waals surface area contributed by atoms with Gasteiger partial charge in [0.2, 0.25) is 0 Å². The van der Waals surface area contributed by atoms with Gasteiger partial charge < -0.3 is 9.73 Å². The SMILES string of the molecule is Cc1ccc2c(CNC[C@@H](c3ccccc3)N3CCCC3)cc(=O)oc2c1C. The zero-order chi connectivity index (χ0) is 19.5. The number of likely N-dealkylation sites (tertiary alicyclic amines) is 1. The number of aryl methyl sites for hydroxylation is 2. The summed E-state index contributed by atoms with van der Waals surface area (Å²) in [7, 11) is 0. The van der Waals surface area contributed by atoms with Crippen molar-refractivity contribution in [2.45, 2.75) is 39.3 Å². The molecule has 0 saturated carbocycles. The average molecular weight is 377 g/mol. The quantitative estimate of drug-likeness (QED) is 0.650. The lowest BCUT2D eigenvalue weighted by Crippen LogP contribution is -2.34. The van der Waals surface area contributed by atoms with Gasteiger partial charge in [0.25, 0.3) is 0 Å². The second-order valence-electron chi connectivity index (χ2n) is 7.78. The molecule has 28 heavy (non-hydrogen) atoms. The van der Waals surface area contributed by atoms with E-state index in [-0.39, 0.29) is 5.63 Å². The average Bonchev–Trinajstić information content (AvgIpc) is 3.23. The van der Waals surface area contributed by atoms with E-state index in [1.807, 2.05) is 13.8 Å². The Bertz CT molecular complexity index is 1000. The molecule has 0 amide bonds. The van der Waals surface area contributed by atoms with E-state index in [9.17, 15) is 4.79 Å². The fourth-order valence-electron chi connectivity index (χ4n) is 4.20. The van der Waals surface area contributed by atoms with Crippen LogP contribution in [0.25, 0.3) is 11.0 Å². The van der Waals surface area contributed by atoms with E-state index in [2.05, 4.69) is 52.7 Å². The first-order valence-corrected chi connectivity index (χ1v) is 10.2. The van der Waals surface area contributed by atoms with Crippen LogP contribution in [0.4, 0.5) is 0 Å². The van der Waals surface area contributed by atoms with Crippen molar-refractivity contribution in [3.8, 4) is 0 Å². The Morgan fingerprint density at radius 2 is 1.82 bits per heavy atom. The van der Waals surface area contributed by atoms with Crippen molar-refractivity contribution < 1.29 is 4.42 Å². The predicted molar refractivity (Wildman–Crippen MR) is 114 cm³/mol. The lowest BCUT2D eigenvalue weighted by atomic mass is 10.0. The molecule has 146 valence electrons. The van der Waals surface area contributed by atoms with Crippen LogP contribution in [0.5, 0.6) is 0 Å². The van der Waals surface area contributed by atoms with Crippen molar-refractivity contribution >= 4 is 11.0 Å². The van der Waals surface area contributed by atoms with E-state index in [1.54, 1.807) is 6.07 Å². The van der Waals surface area contributed by atoms with Crippen LogP contribution < -0.4 is 10.9 Å². The van der Waals surface area contributed by atoms with Gasteiger partial charge in [0.15, 0.2) is 0 Å². The van der Waals surface area contributed by atoms with Crippen LogP contribution in [0.1, 0.15) is 41.1 Å². The van der Waals surface area contributed by atoms with Crippen LogP contribution in [0.3, 0.4) is 0 Å². The van der Waals surface area contributed by atoms with E-state index in [0.29, 0.717) is 18.2 Å². The highest BCUT2D eigenvalue weighted by atomic mass is 16.4. The largest absolute Gasteiger partial charge is 0.422 e. The molecule has 1 atom stereocenters. The second-order valence-corrected chi connectivity index (χ2v) is 7.78. The molecule has 0 aliphatic carbocycles. The van der Waals surface area contributed by atoms with Crippen molar-refractivity contribution in [1.82, 2.24) is 10.2 Å². The van der Waals surface area contributed by atoms with Crippen LogP contribution in [0.15, 0.2) is 57.7 Å². The van der Waals surface area contributed by atoms with Crippen molar-refractivity contribution in [3.05, 3.63) is 81.2 Å². The molecule has 4 heteroatoms. The Labute approximate surface area is 166 Å². The first kappa shape index (κ1) is 18.9. The monoisotopic (exact) mass is 376 g/mol. The Morgan fingerprint density at radius 1 is 1.07 bits per heavy atom. The Hall–Kier alpha value is -2.43. The summed E-state index contributed by atoms with van der Waals surface area (Å²) in [5.74, 6) is 0. The minimum Gasteiger partial charge on any atom is -0.422 e. The third-order valence-electron chi connectivity index (χ3n) is 5.94. The predicted octanol–water partition coefficient (Wildman–Crippen LogP) is 4.34. The molecule has 0 radical (unpaired) electrons. The van der Waals surface area contributed by atoms with Gasteiger partial charge in [-0.1, -0.05) is 42.5 Å². The summed E-state index contributed by atoms with van der Waals surface area (Å²) in [6.45, 7) is 7.87. The van der Waals surface area contributed by atoms with E-state index in [4.69, 9.17) is 4.42 Å². The molecule has 0 unspecified atom stereocenters. The van der Waals surface area contributed by atoms with Gasteiger partial charge in [-0.25, -0.2) is 4.79 Å². The number of nitrogens with one attached hydrogen (secondary N) is 1. The van der Waals surface area contributed by atoms with Gasteiger partial charge in [-0.2, -0.15) is 0 Å². The molecular weight excluding hydrogens is 348 g/mol. The fourth-order valence-corrected chi connectivity index (χ4v) is 4.20. The summed E-state index contributed by atoms with van der Waals surface area (Å²) in [6.07, 6.45) is 2.54. The van der Waals surface area contributed by atoms with Crippen molar-refractivity contribution in [3.63, 3.8) is 0 Å². The molecule has 1 fully saturated rings. The van der Waals surface area contributed by atoms with Gasteiger partial charge in [0.05, 0.1) is 0 Å². The minimum absolute atomic E-state index is 0.280. The molecule has 3 aromatic rings. The Kier molecular flexibility index (Phi) is 5.60. The maximum absolute atomic E-state index is 12.1. The smallest absolute Gasteiger partial charge is 0.336 e. The topological polar surface area (TPSA) is 45.5 Å². The molecule has 2 heterocycles. The van der Waals surface area contributed by atoms with Crippen LogP contribution in [-0.2, 0) is 6.54 Å². The molecule has 0 spiro atoms. The number of fused-ring (bicyclic) bond motifs is 1. The third kappa shape index (κ3) is 3.89. The van der Waals surface area contributed by atoms with E-state index < -0.39 is 0 Å². The minimum atomic E-state index is -0.280. The number of hydrogen-bond acceptors (Lipinski definition) is 4. The second kappa shape index (κ2) is 8.29. The van der Waals surface area contributed by atoms with Crippen LogP contribution in [-0.4, -0.2) is 24.5 Å². The van der Waals surface area contributed by atoms with Crippen molar-refractivity contribution in [2.24, 2.45) is 0 Å². The molecular formula is C24H28N2O2. The first-order chi connectivity index (χ1) is 13.6. The number of rotatable bonds is 6. The van der Waals surface area contributed by atoms with E-state index in [1.165, 1.54) is 18.4 Å². The van der Waals surface area contributed by atoms with Gasteiger partial charge in [-0.15, -0.1) is 0 Å². The highest BCUT2D eigenvalue weighted by molar-refractivity contribution is 5.83. The molecule has 1 aromatic heterocycles. The lowest BCUT2D eigenvalue weighted by molar-refractivity contribution is 0.238. The molecule has 0 bridgehead atoms. The zero-order valence-electron chi connectivity index (χ0n) is 16.7. The van der Waals surface area contributed by atoms with Gasteiger partial charge in [0.1, 0.15) is 5.58 Å². The van der Waals surface area contributed by atoms with Crippen molar-refractivity contribution in [1.29, 1.82) is 0 Å². The highest BCUT2D eigenvalue weighted by Gasteiger charge is 2.23. The Morgan fingerprint density at radius 3 is 2.57 bits per heavy atom. The summed E-state index contributed by atoms with van der Waals surface area (Å²) in [5.41, 5.74) is 4.96.